The molecule has 0 saturated heterocycles. The van der Waals surface area contributed by atoms with Crippen molar-refractivity contribution in [3.05, 3.63) is 47.8 Å². The van der Waals surface area contributed by atoms with Crippen LogP contribution >= 0.6 is 0 Å². The molecule has 0 amide bonds. The van der Waals surface area contributed by atoms with E-state index in [0.29, 0.717) is 6.54 Å². The molecule has 2 aromatic carbocycles. The van der Waals surface area contributed by atoms with Crippen LogP contribution in [0, 0.1) is 5.82 Å². The Balaban J connectivity index is 2.18. The molecule has 0 aliphatic heterocycles. The zero-order valence-electron chi connectivity index (χ0n) is 11.9. The van der Waals surface area contributed by atoms with Crippen LogP contribution in [0.3, 0.4) is 0 Å². The molecular weight excluding hydrogens is 269 g/mol. The van der Waals surface area contributed by atoms with Gasteiger partial charge in [0.1, 0.15) is 5.82 Å². The highest BCUT2D eigenvalue weighted by atomic mass is 19.1. The molecular formula is C16H16FN3O. The monoisotopic (exact) mass is 285 g/mol. The highest BCUT2D eigenvalue weighted by molar-refractivity contribution is 5.81. The number of nitrogens with zero attached hydrogens (tertiary/aromatic N) is 2. The molecule has 0 spiro atoms. The van der Waals surface area contributed by atoms with E-state index >= 15 is 0 Å². The third-order valence-corrected chi connectivity index (χ3v) is 3.59. The predicted octanol–water partition coefficient (Wildman–Crippen LogP) is 2.85. The van der Waals surface area contributed by atoms with E-state index < -0.39 is 0 Å². The zero-order valence-corrected chi connectivity index (χ0v) is 11.9. The number of fused-ring (bicyclic) bond motifs is 1. The smallest absolute Gasteiger partial charge is 0.165 e. The Morgan fingerprint density at radius 1 is 1.24 bits per heavy atom. The van der Waals surface area contributed by atoms with Crippen molar-refractivity contribution in [1.82, 2.24) is 9.55 Å². The van der Waals surface area contributed by atoms with Gasteiger partial charge in [0.25, 0.3) is 0 Å². The lowest BCUT2D eigenvalue weighted by Crippen LogP contribution is -1.96. The third-order valence-electron chi connectivity index (χ3n) is 3.59. The van der Waals surface area contributed by atoms with E-state index in [-0.39, 0.29) is 11.6 Å². The van der Waals surface area contributed by atoms with Crippen molar-refractivity contribution in [2.24, 2.45) is 12.8 Å². The SMILES string of the molecule is COc1cc(-c2nc3cc(CN)ccc3n2C)ccc1F. The quantitative estimate of drug-likeness (QED) is 0.805. The van der Waals surface area contributed by atoms with E-state index in [2.05, 4.69) is 4.98 Å². The number of nitrogens with two attached hydrogens (primary N) is 1. The highest BCUT2D eigenvalue weighted by Gasteiger charge is 2.12. The van der Waals surface area contributed by atoms with Crippen molar-refractivity contribution in [3.8, 4) is 17.1 Å². The summed E-state index contributed by atoms with van der Waals surface area (Å²) in [6.45, 7) is 0.478. The number of hydrogen-bond donors (Lipinski definition) is 1. The lowest BCUT2D eigenvalue weighted by molar-refractivity contribution is 0.386. The first-order chi connectivity index (χ1) is 10.1. The normalized spacial score (nSPS) is 11.0. The number of hydrogen-bond acceptors (Lipinski definition) is 3. The Labute approximate surface area is 122 Å². The molecule has 0 aliphatic rings. The summed E-state index contributed by atoms with van der Waals surface area (Å²) in [5, 5.41) is 0. The minimum Gasteiger partial charge on any atom is -0.494 e. The molecule has 21 heavy (non-hydrogen) atoms. The topological polar surface area (TPSA) is 53.1 Å². The van der Waals surface area contributed by atoms with Gasteiger partial charge in [-0.2, -0.15) is 0 Å². The second-order valence-electron chi connectivity index (χ2n) is 4.87. The third kappa shape index (κ3) is 2.25. The first-order valence-corrected chi connectivity index (χ1v) is 6.63. The lowest BCUT2D eigenvalue weighted by Gasteiger charge is -2.06. The standard InChI is InChI=1S/C16H16FN3O/c1-20-14-6-3-10(9-18)7-13(14)19-16(20)11-4-5-12(17)15(8-11)21-2/h3-8H,9,18H2,1-2H3. The molecule has 0 atom stereocenters. The highest BCUT2D eigenvalue weighted by Crippen LogP contribution is 2.28. The number of benzene rings is 2. The van der Waals surface area contributed by atoms with E-state index in [9.17, 15) is 4.39 Å². The van der Waals surface area contributed by atoms with Gasteiger partial charge in [0, 0.05) is 19.2 Å². The summed E-state index contributed by atoms with van der Waals surface area (Å²) in [7, 11) is 3.38. The lowest BCUT2D eigenvalue weighted by atomic mass is 10.2. The van der Waals surface area contributed by atoms with Crippen molar-refractivity contribution in [1.29, 1.82) is 0 Å². The molecule has 0 unspecified atom stereocenters. The van der Waals surface area contributed by atoms with Crippen LogP contribution in [0.4, 0.5) is 4.39 Å². The second kappa shape index (κ2) is 5.18. The molecule has 2 N–H and O–H groups in total. The van der Waals surface area contributed by atoms with Crippen molar-refractivity contribution < 1.29 is 9.13 Å². The zero-order chi connectivity index (χ0) is 15.0. The van der Waals surface area contributed by atoms with E-state index in [0.717, 1.165) is 28.0 Å². The van der Waals surface area contributed by atoms with Gasteiger partial charge in [0.15, 0.2) is 11.6 Å². The maximum Gasteiger partial charge on any atom is 0.165 e. The molecule has 108 valence electrons. The van der Waals surface area contributed by atoms with E-state index in [4.69, 9.17) is 10.5 Å². The van der Waals surface area contributed by atoms with E-state index in [1.54, 1.807) is 12.1 Å². The van der Waals surface area contributed by atoms with E-state index in [1.165, 1.54) is 13.2 Å². The molecule has 5 heteroatoms. The van der Waals surface area contributed by atoms with Gasteiger partial charge >= 0.3 is 0 Å². The summed E-state index contributed by atoms with van der Waals surface area (Å²) in [6.07, 6.45) is 0. The van der Waals surface area contributed by atoms with Crippen LogP contribution in [-0.2, 0) is 13.6 Å². The second-order valence-corrected chi connectivity index (χ2v) is 4.87. The number of imidazole rings is 1. The molecule has 3 rings (SSSR count). The molecule has 0 aliphatic carbocycles. The number of aryl methyl sites for hydroxylation is 1. The number of rotatable bonds is 3. The Hall–Kier alpha value is -2.40. The Morgan fingerprint density at radius 2 is 2.05 bits per heavy atom. The van der Waals surface area contributed by atoms with Crippen LogP contribution in [0.15, 0.2) is 36.4 Å². The Morgan fingerprint density at radius 3 is 2.76 bits per heavy atom. The minimum atomic E-state index is -0.384. The average Bonchev–Trinajstić information content (AvgIpc) is 2.84. The fraction of sp³-hybridized carbons (Fsp3) is 0.188. The minimum absolute atomic E-state index is 0.210. The predicted molar refractivity (Wildman–Crippen MR) is 80.6 cm³/mol. The number of ether oxygens (including phenoxy) is 1. The van der Waals surface area contributed by atoms with Gasteiger partial charge in [-0.05, 0) is 35.9 Å². The summed E-state index contributed by atoms with van der Waals surface area (Å²) in [5.41, 5.74) is 9.38. The van der Waals surface area contributed by atoms with Gasteiger partial charge < -0.3 is 15.0 Å². The van der Waals surface area contributed by atoms with Crippen molar-refractivity contribution in [3.63, 3.8) is 0 Å². The number of halogens is 1. The Kier molecular flexibility index (Phi) is 3.35. The van der Waals surface area contributed by atoms with Gasteiger partial charge in [-0.15, -0.1) is 0 Å². The molecule has 0 bridgehead atoms. The van der Waals surface area contributed by atoms with Crippen LogP contribution in [0.2, 0.25) is 0 Å². The summed E-state index contributed by atoms with van der Waals surface area (Å²) in [5.74, 6) is 0.588. The molecule has 0 fully saturated rings. The first kappa shape index (κ1) is 13.6. The van der Waals surface area contributed by atoms with Gasteiger partial charge in [0.2, 0.25) is 0 Å². The Bertz CT molecular complexity index is 811. The molecule has 1 aromatic heterocycles. The number of aromatic nitrogens is 2. The first-order valence-electron chi connectivity index (χ1n) is 6.63. The fourth-order valence-corrected chi connectivity index (χ4v) is 2.43. The molecule has 0 radical (unpaired) electrons. The summed E-state index contributed by atoms with van der Waals surface area (Å²) < 4.78 is 20.5. The van der Waals surface area contributed by atoms with Crippen molar-refractivity contribution in [2.45, 2.75) is 6.54 Å². The van der Waals surface area contributed by atoms with Crippen LogP contribution in [0.5, 0.6) is 5.75 Å². The largest absolute Gasteiger partial charge is 0.494 e. The van der Waals surface area contributed by atoms with Crippen LogP contribution in [-0.4, -0.2) is 16.7 Å². The van der Waals surface area contributed by atoms with Crippen molar-refractivity contribution >= 4 is 11.0 Å². The van der Waals surface area contributed by atoms with Gasteiger partial charge in [0.05, 0.1) is 18.1 Å². The molecule has 0 saturated carbocycles. The van der Waals surface area contributed by atoms with E-state index in [1.807, 2.05) is 29.8 Å². The van der Waals surface area contributed by atoms with Crippen LogP contribution < -0.4 is 10.5 Å². The number of methoxy groups -OCH3 is 1. The van der Waals surface area contributed by atoms with Crippen LogP contribution in [0.1, 0.15) is 5.56 Å². The van der Waals surface area contributed by atoms with Gasteiger partial charge in [-0.25, -0.2) is 9.37 Å². The van der Waals surface area contributed by atoms with Crippen LogP contribution in [0.25, 0.3) is 22.4 Å². The fourth-order valence-electron chi connectivity index (χ4n) is 2.43. The van der Waals surface area contributed by atoms with Gasteiger partial charge in [-0.1, -0.05) is 6.07 Å². The maximum absolute atomic E-state index is 13.5. The van der Waals surface area contributed by atoms with Crippen molar-refractivity contribution in [2.75, 3.05) is 7.11 Å². The summed E-state index contributed by atoms with van der Waals surface area (Å²) in [6, 6.07) is 10.7. The molecule has 4 nitrogen and oxygen atoms in total. The molecule has 3 aromatic rings. The summed E-state index contributed by atoms with van der Waals surface area (Å²) in [4.78, 5) is 4.63. The molecule has 1 heterocycles. The average molecular weight is 285 g/mol. The van der Waals surface area contributed by atoms with Gasteiger partial charge in [-0.3, -0.25) is 0 Å². The maximum atomic E-state index is 13.5. The summed E-state index contributed by atoms with van der Waals surface area (Å²) >= 11 is 0.